The smallest absolute Gasteiger partial charge is 0.387 e. The number of nitrogens with zero attached hydrogens (tertiary/aromatic N) is 3. The summed E-state index contributed by atoms with van der Waals surface area (Å²) in [6.07, 6.45) is -4.74. The van der Waals surface area contributed by atoms with Crippen LogP contribution in [0.25, 0.3) is 11.2 Å². The highest BCUT2D eigenvalue weighted by atomic mass is 32.7. The third-order valence-corrected chi connectivity index (χ3v) is 9.91. The van der Waals surface area contributed by atoms with Gasteiger partial charge in [-0.25, -0.2) is 18.4 Å². The maximum Gasteiger partial charge on any atom is 0.477 e. The molecule has 2 aromatic rings. The molecule has 0 amide bonds. The number of aromatic amines is 1. The monoisotopic (exact) mass is 555 g/mol. The molecule has 17 nitrogen and oxygen atoms in total. The molecule has 6 atom stereocenters. The second kappa shape index (κ2) is 9.13. The summed E-state index contributed by atoms with van der Waals surface area (Å²) in [4.78, 5) is 49.2. The van der Waals surface area contributed by atoms with E-state index in [0.717, 1.165) is 10.9 Å². The van der Waals surface area contributed by atoms with Crippen molar-refractivity contribution >= 4 is 62.5 Å². The lowest BCUT2D eigenvalue weighted by atomic mass is 10.1. The molecule has 2 aromatic heterocycles. The molecule has 0 radical (unpaired) electrons. The average Bonchev–Trinajstić information content (AvgIpc) is 3.12. The van der Waals surface area contributed by atoms with Crippen molar-refractivity contribution in [2.75, 3.05) is 12.3 Å². The van der Waals surface area contributed by atoms with Gasteiger partial charge < -0.3 is 39.9 Å². The van der Waals surface area contributed by atoms with Crippen molar-refractivity contribution in [1.29, 1.82) is 0 Å². The predicted molar refractivity (Wildman–Crippen MR) is 112 cm³/mol. The molecule has 0 bridgehead atoms. The molecule has 1 aliphatic rings. The van der Waals surface area contributed by atoms with Gasteiger partial charge in [0.1, 0.15) is 18.3 Å². The van der Waals surface area contributed by atoms with Gasteiger partial charge in [-0.3, -0.25) is 14.3 Å². The Morgan fingerprint density at radius 1 is 1.28 bits per heavy atom. The van der Waals surface area contributed by atoms with Crippen molar-refractivity contribution in [2.24, 2.45) is 0 Å². The lowest BCUT2D eigenvalue weighted by molar-refractivity contribution is -0.0485. The van der Waals surface area contributed by atoms with E-state index in [4.69, 9.17) is 24.8 Å². The number of hydrogen-bond donors (Lipinski definition) is 8. The Morgan fingerprint density at radius 3 is 2.56 bits per heavy atom. The van der Waals surface area contributed by atoms with E-state index in [9.17, 15) is 29.0 Å². The molecule has 32 heavy (non-hydrogen) atoms. The van der Waals surface area contributed by atoms with Gasteiger partial charge in [-0.05, 0) is 11.8 Å². The Hall–Kier alpha value is -0.750. The van der Waals surface area contributed by atoms with Gasteiger partial charge in [0, 0.05) is 0 Å². The van der Waals surface area contributed by atoms with Crippen molar-refractivity contribution in [3.63, 3.8) is 0 Å². The number of anilines is 1. The van der Waals surface area contributed by atoms with Crippen molar-refractivity contribution in [1.82, 2.24) is 19.5 Å². The van der Waals surface area contributed by atoms with E-state index in [1.165, 1.54) is 0 Å². The highest BCUT2D eigenvalue weighted by molar-refractivity contribution is 8.46. The second-order valence-corrected chi connectivity index (χ2v) is 13.5. The Labute approximate surface area is 187 Å². The highest BCUT2D eigenvalue weighted by Crippen LogP contribution is 2.71. The third-order valence-electron chi connectivity index (χ3n) is 3.88. The summed E-state index contributed by atoms with van der Waals surface area (Å²) in [5.74, 6) is -0.232. The number of aromatic nitrogens is 4. The van der Waals surface area contributed by atoms with Gasteiger partial charge in [-0.2, -0.15) is 9.29 Å². The van der Waals surface area contributed by atoms with E-state index in [0.29, 0.717) is 0 Å². The molecule has 8 N–H and O–H groups in total. The number of aliphatic hydroxyl groups excluding tert-OH is 2. The van der Waals surface area contributed by atoms with Gasteiger partial charge in [-0.15, -0.1) is 0 Å². The van der Waals surface area contributed by atoms with Crippen LogP contribution in [0.15, 0.2) is 11.1 Å². The van der Waals surface area contributed by atoms with E-state index in [1.54, 1.807) is 0 Å². The molecule has 3 rings (SSSR count). The number of fused-ring (bicyclic) bond motifs is 1. The number of H-pyrrole nitrogens is 1. The van der Waals surface area contributed by atoms with Crippen LogP contribution >= 0.6 is 33.6 Å². The molecule has 1 saturated heterocycles. The summed E-state index contributed by atoms with van der Waals surface area (Å²) in [5, 5.41) is 20.6. The summed E-state index contributed by atoms with van der Waals surface area (Å²) in [7, 11) is -5.30. The molecule has 0 spiro atoms. The Kier molecular flexibility index (Phi) is 7.38. The van der Waals surface area contributed by atoms with E-state index >= 15 is 0 Å². The van der Waals surface area contributed by atoms with Crippen LogP contribution in [0.2, 0.25) is 0 Å². The largest absolute Gasteiger partial charge is 0.477 e. The molecule has 0 aromatic carbocycles. The van der Waals surface area contributed by atoms with Crippen molar-refractivity contribution < 1.29 is 51.9 Å². The lowest BCUT2D eigenvalue weighted by Crippen LogP contribution is -2.33. The standard InChI is InChI=1S/C10H16N5O12P3S2/c11-10-13-7-4(8(18)14-10)12-2-15(7)9-6(17)5(16)3(25-9)1-24-29(22,31)27-30(23,32)26-28(19,20)21/h2-3,5-6,9,16-17H,1H2,(H,22,31)(H,23,32)(H2,19,20,21)(H3,11,13,14,18)/t3-,5-,6-,9-,29?,30?/m1/s1. The zero-order valence-electron chi connectivity index (χ0n) is 15.3. The molecule has 2 unspecified atom stereocenters. The van der Waals surface area contributed by atoms with Crippen molar-refractivity contribution in [3.05, 3.63) is 16.7 Å². The Bertz CT molecular complexity index is 1220. The van der Waals surface area contributed by atoms with Crippen molar-refractivity contribution in [2.45, 2.75) is 24.5 Å². The van der Waals surface area contributed by atoms with Crippen LogP contribution in [0.1, 0.15) is 6.23 Å². The minimum atomic E-state index is -5.30. The summed E-state index contributed by atoms with van der Waals surface area (Å²) in [6, 6.07) is 0. The van der Waals surface area contributed by atoms with Gasteiger partial charge in [0.05, 0.1) is 12.9 Å². The molecule has 3 heterocycles. The number of imidazole rings is 1. The minimum absolute atomic E-state index is 0.0507. The van der Waals surface area contributed by atoms with Crippen LogP contribution in [0.4, 0.5) is 5.95 Å². The fourth-order valence-corrected chi connectivity index (χ4v) is 8.89. The maximum absolute atomic E-state index is 11.9. The average molecular weight is 555 g/mol. The quantitative estimate of drug-likeness (QED) is 0.139. The van der Waals surface area contributed by atoms with Gasteiger partial charge in [0.2, 0.25) is 5.95 Å². The number of rotatable bonds is 8. The molecule has 22 heteroatoms. The number of ether oxygens (including phenoxy) is 1. The number of nitrogen functional groups attached to an aromatic ring is 1. The van der Waals surface area contributed by atoms with E-state index in [2.05, 4.69) is 47.6 Å². The molecule has 1 fully saturated rings. The first-order chi connectivity index (χ1) is 14.6. The molecule has 180 valence electrons. The molecular formula is C10H16N5O12P3S2. The van der Waals surface area contributed by atoms with E-state index in [-0.39, 0.29) is 17.1 Å². The van der Waals surface area contributed by atoms with Crippen LogP contribution < -0.4 is 11.3 Å². The van der Waals surface area contributed by atoms with Crippen LogP contribution in [-0.4, -0.2) is 69.3 Å². The maximum atomic E-state index is 11.9. The van der Waals surface area contributed by atoms with Gasteiger partial charge in [-0.1, -0.05) is 12.2 Å². The molecule has 0 saturated carbocycles. The summed E-state index contributed by atoms with van der Waals surface area (Å²) >= 11 is 7.85. The summed E-state index contributed by atoms with van der Waals surface area (Å²) in [6.45, 7) is -10.0. The summed E-state index contributed by atoms with van der Waals surface area (Å²) in [5.41, 5.74) is 4.70. The third kappa shape index (κ3) is 6.02. The first kappa shape index (κ1) is 25.9. The molecular weight excluding hydrogens is 539 g/mol. The molecule has 0 aliphatic carbocycles. The van der Waals surface area contributed by atoms with Crippen LogP contribution in [-0.2, 0) is 38.8 Å². The molecule has 1 aliphatic heterocycles. The van der Waals surface area contributed by atoms with Crippen molar-refractivity contribution in [3.8, 4) is 0 Å². The SMILES string of the molecule is Nc1nc2c(ncn2[C@@H]2O[C@H](COP(O)(=S)OP(=O)(S)OP(=O)(O)O)[C@@H](O)[C@H]2O)c(=O)[nH]1. The normalized spacial score (nSPS) is 27.9. The van der Waals surface area contributed by atoms with Crippen LogP contribution in [0.5, 0.6) is 0 Å². The first-order valence-electron chi connectivity index (χ1n) is 8.11. The predicted octanol–water partition coefficient (Wildman–Crippen LogP) is -1.28. The Morgan fingerprint density at radius 2 is 1.94 bits per heavy atom. The number of phosphoric acid groups is 1. The zero-order chi connectivity index (χ0) is 24.1. The Balaban J connectivity index is 1.72. The van der Waals surface area contributed by atoms with Crippen LogP contribution in [0, 0.1) is 0 Å². The minimum Gasteiger partial charge on any atom is -0.387 e. The number of hydrogen-bond acceptors (Lipinski definition) is 13. The van der Waals surface area contributed by atoms with Crippen LogP contribution in [0.3, 0.4) is 0 Å². The number of nitrogens with one attached hydrogen (secondary N) is 1. The first-order valence-corrected chi connectivity index (χ1v) is 14.9. The van der Waals surface area contributed by atoms with Gasteiger partial charge >= 0.3 is 21.3 Å². The highest BCUT2D eigenvalue weighted by Gasteiger charge is 2.45. The topological polar surface area (TPSA) is 262 Å². The number of aliphatic hydroxyl groups is 2. The lowest BCUT2D eigenvalue weighted by Gasteiger charge is -2.22. The van der Waals surface area contributed by atoms with E-state index in [1.807, 2.05) is 0 Å². The fraction of sp³-hybridized carbons (Fsp3) is 0.500. The van der Waals surface area contributed by atoms with Gasteiger partial charge in [0.15, 0.2) is 17.4 Å². The van der Waals surface area contributed by atoms with E-state index < -0.39 is 58.0 Å². The zero-order valence-corrected chi connectivity index (χ0v) is 19.7. The van der Waals surface area contributed by atoms with Gasteiger partial charge in [0.25, 0.3) is 5.56 Å². The summed E-state index contributed by atoms with van der Waals surface area (Å²) < 4.78 is 42.3. The second-order valence-electron chi connectivity index (χ2n) is 6.21. The fourth-order valence-electron chi connectivity index (χ4n) is 2.70. The number of nitrogens with two attached hydrogens (primary N) is 1. The number of thiol groups is 1.